The van der Waals surface area contributed by atoms with Gasteiger partial charge in [-0.25, -0.2) is 0 Å². The third kappa shape index (κ3) is 2.44. The lowest BCUT2D eigenvalue weighted by atomic mass is 9.77. The highest BCUT2D eigenvalue weighted by atomic mass is 35.5. The number of halogens is 1. The molecule has 2 aliphatic rings. The Morgan fingerprint density at radius 2 is 1.96 bits per heavy atom. The van der Waals surface area contributed by atoms with Gasteiger partial charge in [0.2, 0.25) is 0 Å². The quantitative estimate of drug-likeness (QED) is 0.677. The van der Waals surface area contributed by atoms with Crippen LogP contribution in [0.1, 0.15) is 43.4 Å². The molecule has 3 nitrogen and oxygen atoms in total. The molecule has 0 amide bonds. The topological polar surface area (TPSA) is 44.3 Å². The third-order valence-electron chi connectivity index (χ3n) is 5.75. The van der Waals surface area contributed by atoms with Gasteiger partial charge in [-0.2, -0.15) is 0 Å². The fraction of sp³-hybridized carbons (Fsp3) is 0.429. The van der Waals surface area contributed by atoms with Crippen LogP contribution in [0.25, 0.3) is 11.1 Å². The molecule has 2 atom stereocenters. The summed E-state index contributed by atoms with van der Waals surface area (Å²) in [6, 6.07) is 8.58. The van der Waals surface area contributed by atoms with Crippen LogP contribution in [0.2, 0.25) is 5.02 Å². The number of para-hydroxylation sites is 1. The first-order valence-corrected chi connectivity index (χ1v) is 9.34. The molecule has 2 aromatic rings. The van der Waals surface area contributed by atoms with Gasteiger partial charge in [0.1, 0.15) is 0 Å². The van der Waals surface area contributed by atoms with Crippen molar-refractivity contribution in [1.29, 1.82) is 0 Å². The number of rotatable bonds is 1. The van der Waals surface area contributed by atoms with Crippen LogP contribution in [-0.2, 0) is 6.42 Å². The van der Waals surface area contributed by atoms with Crippen LogP contribution in [0, 0.1) is 6.92 Å². The molecular weight excluding hydrogens is 332 g/mol. The first-order chi connectivity index (χ1) is 11.8. The predicted octanol–water partition coefficient (Wildman–Crippen LogP) is 4.95. The lowest BCUT2D eigenvalue weighted by molar-refractivity contribution is 0.0869. The average molecular weight is 357 g/mol. The molecular formula is C21H25ClN2O. The molecule has 25 heavy (non-hydrogen) atoms. The number of hydrogen-bond donors (Lipinski definition) is 3. The minimum Gasteiger partial charge on any atom is -0.390 e. The zero-order valence-corrected chi connectivity index (χ0v) is 16.0. The van der Waals surface area contributed by atoms with Gasteiger partial charge in [0, 0.05) is 40.5 Å². The number of anilines is 2. The van der Waals surface area contributed by atoms with Crippen LogP contribution in [0.3, 0.4) is 0 Å². The van der Waals surface area contributed by atoms with Gasteiger partial charge in [0.25, 0.3) is 0 Å². The molecule has 132 valence electrons. The molecule has 0 bridgehead atoms. The SMILES string of the molecule is Cc1cc(-c2cccc3c2NCC3)c(Cl)c2c1NC(C)(C)[C@H](O)[C@H]2C. The molecule has 0 spiro atoms. The summed E-state index contributed by atoms with van der Waals surface area (Å²) in [5.74, 6) is -0.0258. The molecule has 2 aliphatic heterocycles. The second kappa shape index (κ2) is 5.65. The number of nitrogens with one attached hydrogen (secondary N) is 2. The number of aliphatic hydroxyl groups excluding tert-OH is 1. The fourth-order valence-corrected chi connectivity index (χ4v) is 4.77. The molecule has 0 aromatic heterocycles. The van der Waals surface area contributed by atoms with Crippen molar-refractivity contribution in [3.05, 3.63) is 46.0 Å². The number of fused-ring (bicyclic) bond motifs is 2. The van der Waals surface area contributed by atoms with Gasteiger partial charge in [0.05, 0.1) is 16.7 Å². The average Bonchev–Trinajstić information content (AvgIpc) is 3.04. The van der Waals surface area contributed by atoms with Crippen molar-refractivity contribution in [3.63, 3.8) is 0 Å². The van der Waals surface area contributed by atoms with Gasteiger partial charge in [-0.1, -0.05) is 36.7 Å². The highest BCUT2D eigenvalue weighted by molar-refractivity contribution is 6.35. The van der Waals surface area contributed by atoms with E-state index < -0.39 is 6.10 Å². The van der Waals surface area contributed by atoms with Gasteiger partial charge >= 0.3 is 0 Å². The largest absolute Gasteiger partial charge is 0.390 e. The molecule has 0 fully saturated rings. The smallest absolute Gasteiger partial charge is 0.0831 e. The van der Waals surface area contributed by atoms with E-state index in [4.69, 9.17) is 11.6 Å². The van der Waals surface area contributed by atoms with Gasteiger partial charge in [-0.05, 0) is 44.4 Å². The van der Waals surface area contributed by atoms with Gasteiger partial charge < -0.3 is 15.7 Å². The van der Waals surface area contributed by atoms with E-state index in [9.17, 15) is 5.11 Å². The summed E-state index contributed by atoms with van der Waals surface area (Å²) in [6.45, 7) is 9.22. The highest BCUT2D eigenvalue weighted by Gasteiger charge is 2.40. The van der Waals surface area contributed by atoms with Crippen molar-refractivity contribution in [2.45, 2.75) is 51.7 Å². The number of hydrogen-bond acceptors (Lipinski definition) is 3. The molecule has 3 N–H and O–H groups in total. The van der Waals surface area contributed by atoms with Crippen molar-refractivity contribution in [2.75, 3.05) is 17.2 Å². The van der Waals surface area contributed by atoms with Crippen LogP contribution in [-0.4, -0.2) is 23.3 Å². The van der Waals surface area contributed by atoms with Crippen LogP contribution >= 0.6 is 11.6 Å². The lowest BCUT2D eigenvalue weighted by Gasteiger charge is -2.43. The van der Waals surface area contributed by atoms with E-state index in [1.165, 1.54) is 11.3 Å². The van der Waals surface area contributed by atoms with Gasteiger partial charge in [-0.3, -0.25) is 0 Å². The van der Waals surface area contributed by atoms with E-state index in [2.05, 4.69) is 48.7 Å². The molecule has 0 radical (unpaired) electrons. The Balaban J connectivity index is 1.94. The van der Waals surface area contributed by atoms with Crippen molar-refractivity contribution in [3.8, 4) is 11.1 Å². The molecule has 0 aliphatic carbocycles. The maximum atomic E-state index is 10.8. The standard InChI is InChI=1S/C21H25ClN2O/c1-11-10-15(14-7-5-6-13-8-9-23-19(13)14)17(22)16-12(2)20(25)21(3,4)24-18(11)16/h5-7,10,12,20,23-25H,8-9H2,1-4H3/t12-,20+/m0/s1. The van der Waals surface area contributed by atoms with E-state index in [-0.39, 0.29) is 11.5 Å². The lowest BCUT2D eigenvalue weighted by Crippen LogP contribution is -2.50. The van der Waals surface area contributed by atoms with Crippen molar-refractivity contribution < 1.29 is 5.11 Å². The summed E-state index contributed by atoms with van der Waals surface area (Å²) in [6.07, 6.45) is 0.557. The zero-order chi connectivity index (χ0) is 17.9. The summed E-state index contributed by atoms with van der Waals surface area (Å²) < 4.78 is 0. The molecule has 0 saturated carbocycles. The van der Waals surface area contributed by atoms with Crippen LogP contribution in [0.4, 0.5) is 11.4 Å². The normalized spacial score (nSPS) is 23.4. The Bertz CT molecular complexity index is 859. The van der Waals surface area contributed by atoms with Gasteiger partial charge in [0.15, 0.2) is 0 Å². The summed E-state index contributed by atoms with van der Waals surface area (Å²) in [7, 11) is 0. The Morgan fingerprint density at radius 1 is 1.20 bits per heavy atom. The van der Waals surface area contributed by atoms with Crippen LogP contribution in [0.15, 0.2) is 24.3 Å². The highest BCUT2D eigenvalue weighted by Crippen LogP contribution is 2.49. The fourth-order valence-electron chi connectivity index (χ4n) is 4.35. The minimum atomic E-state index is -0.494. The van der Waals surface area contributed by atoms with E-state index >= 15 is 0 Å². The maximum absolute atomic E-state index is 10.8. The second-order valence-electron chi connectivity index (χ2n) is 7.94. The Kier molecular flexibility index (Phi) is 3.78. The van der Waals surface area contributed by atoms with Crippen molar-refractivity contribution in [1.82, 2.24) is 0 Å². The molecule has 4 heteroatoms. The molecule has 0 unspecified atom stereocenters. The minimum absolute atomic E-state index is 0.0258. The molecule has 2 aromatic carbocycles. The molecule has 2 heterocycles. The first kappa shape index (κ1) is 16.7. The summed E-state index contributed by atoms with van der Waals surface area (Å²) in [5.41, 5.74) is 7.62. The number of aliphatic hydroxyl groups is 1. The zero-order valence-electron chi connectivity index (χ0n) is 15.2. The van der Waals surface area contributed by atoms with Gasteiger partial charge in [-0.15, -0.1) is 0 Å². The van der Waals surface area contributed by atoms with E-state index in [1.807, 2.05) is 13.8 Å². The predicted molar refractivity (Wildman–Crippen MR) is 106 cm³/mol. The Labute approximate surface area is 154 Å². The van der Waals surface area contributed by atoms with E-state index in [0.29, 0.717) is 0 Å². The second-order valence-corrected chi connectivity index (χ2v) is 8.32. The monoisotopic (exact) mass is 356 g/mol. The maximum Gasteiger partial charge on any atom is 0.0831 e. The Hall–Kier alpha value is -1.71. The molecule has 4 rings (SSSR count). The third-order valence-corrected chi connectivity index (χ3v) is 6.16. The summed E-state index contributed by atoms with van der Waals surface area (Å²) >= 11 is 6.91. The van der Waals surface area contributed by atoms with Crippen molar-refractivity contribution >= 4 is 23.0 Å². The van der Waals surface area contributed by atoms with Crippen LogP contribution < -0.4 is 10.6 Å². The summed E-state index contributed by atoms with van der Waals surface area (Å²) in [4.78, 5) is 0. The van der Waals surface area contributed by atoms with Crippen LogP contribution in [0.5, 0.6) is 0 Å². The first-order valence-electron chi connectivity index (χ1n) is 8.96. The van der Waals surface area contributed by atoms with Crippen molar-refractivity contribution in [2.24, 2.45) is 0 Å². The Morgan fingerprint density at radius 3 is 2.72 bits per heavy atom. The summed E-state index contributed by atoms with van der Waals surface area (Å²) in [5, 5.41) is 18.5. The number of benzene rings is 2. The van der Waals surface area contributed by atoms with E-state index in [0.717, 1.165) is 45.9 Å². The van der Waals surface area contributed by atoms with E-state index in [1.54, 1.807) is 0 Å². The molecule has 0 saturated heterocycles. The number of aryl methyl sites for hydroxylation is 1.